The number of benzene rings is 1. The van der Waals surface area contributed by atoms with Gasteiger partial charge in [0.2, 0.25) is 5.95 Å². The molecule has 2 amide bonds. The van der Waals surface area contributed by atoms with Crippen molar-refractivity contribution in [3.05, 3.63) is 59.8 Å². The third kappa shape index (κ3) is 6.28. The first kappa shape index (κ1) is 27.6. The number of piperidine rings is 1. The van der Waals surface area contributed by atoms with Crippen molar-refractivity contribution in [1.82, 2.24) is 29.3 Å². The Labute approximate surface area is 235 Å². The Hall–Kier alpha value is -3.92. The first-order chi connectivity index (χ1) is 19.3. The standard InChI is InChI=1S/C30H39N7O3/c1-21(2)20-40-30(39)36-18-11-22(12-19-36)26-6-5-15-37-27(26)32-29(33-37)31-24-9-7-23(8-10-24)28(38)35(4)25-13-16-34(3)17-14-25/h5-11,15,21,25H,12-14,16-20H2,1-4H3,(H,31,33). The van der Waals surface area contributed by atoms with Gasteiger partial charge in [0.05, 0.1) is 6.61 Å². The molecular formula is C30H39N7O3. The second-order valence-corrected chi connectivity index (χ2v) is 11.2. The molecule has 0 bridgehead atoms. The summed E-state index contributed by atoms with van der Waals surface area (Å²) in [6, 6.07) is 11.7. The number of anilines is 2. The predicted octanol–water partition coefficient (Wildman–Crippen LogP) is 4.52. The van der Waals surface area contributed by atoms with Gasteiger partial charge in [-0.2, -0.15) is 4.98 Å². The van der Waals surface area contributed by atoms with Gasteiger partial charge in [-0.25, -0.2) is 9.31 Å². The Morgan fingerprint density at radius 3 is 2.55 bits per heavy atom. The lowest BCUT2D eigenvalue weighted by molar-refractivity contribution is 0.0659. The quantitative estimate of drug-likeness (QED) is 0.466. The lowest BCUT2D eigenvalue weighted by Crippen LogP contribution is -2.44. The molecule has 0 radical (unpaired) electrons. The summed E-state index contributed by atoms with van der Waals surface area (Å²) in [5.41, 5.74) is 4.36. The van der Waals surface area contributed by atoms with E-state index in [2.05, 4.69) is 28.4 Å². The van der Waals surface area contributed by atoms with Crippen molar-refractivity contribution in [2.75, 3.05) is 52.2 Å². The van der Waals surface area contributed by atoms with Crippen LogP contribution in [0, 0.1) is 5.92 Å². The van der Waals surface area contributed by atoms with Crippen molar-refractivity contribution in [1.29, 1.82) is 0 Å². The Morgan fingerprint density at radius 1 is 1.12 bits per heavy atom. The van der Waals surface area contributed by atoms with E-state index in [9.17, 15) is 9.59 Å². The Kier molecular flexibility index (Phi) is 8.35. The van der Waals surface area contributed by atoms with Crippen LogP contribution < -0.4 is 5.32 Å². The minimum absolute atomic E-state index is 0.0455. The van der Waals surface area contributed by atoms with Crippen LogP contribution in [0.4, 0.5) is 16.4 Å². The van der Waals surface area contributed by atoms with Gasteiger partial charge < -0.3 is 24.8 Å². The topological polar surface area (TPSA) is 95.3 Å². The summed E-state index contributed by atoms with van der Waals surface area (Å²) in [6.07, 6.45) is 6.39. The maximum Gasteiger partial charge on any atom is 0.410 e. The van der Waals surface area contributed by atoms with Crippen LogP contribution in [0.1, 0.15) is 49.0 Å². The number of nitrogens with one attached hydrogen (secondary N) is 1. The summed E-state index contributed by atoms with van der Waals surface area (Å²) >= 11 is 0. The number of carbonyl (C=O) groups excluding carboxylic acids is 2. The second-order valence-electron chi connectivity index (χ2n) is 11.2. The summed E-state index contributed by atoms with van der Waals surface area (Å²) in [6.45, 7) is 7.61. The van der Waals surface area contributed by atoms with E-state index in [0.29, 0.717) is 43.5 Å². The van der Waals surface area contributed by atoms with Crippen LogP contribution >= 0.6 is 0 Å². The first-order valence-electron chi connectivity index (χ1n) is 14.1. The van der Waals surface area contributed by atoms with E-state index in [1.165, 1.54) is 0 Å². The zero-order valence-electron chi connectivity index (χ0n) is 23.8. The number of rotatable bonds is 7. The fourth-order valence-corrected chi connectivity index (χ4v) is 5.20. The number of ether oxygens (including phenoxy) is 1. The monoisotopic (exact) mass is 545 g/mol. The van der Waals surface area contributed by atoms with Gasteiger partial charge in [-0.15, -0.1) is 5.10 Å². The molecule has 0 unspecified atom stereocenters. The largest absolute Gasteiger partial charge is 0.449 e. The Balaban J connectivity index is 1.24. The van der Waals surface area contributed by atoms with E-state index in [1.807, 2.05) is 68.4 Å². The number of fused-ring (bicyclic) bond motifs is 1. The molecule has 40 heavy (non-hydrogen) atoms. The summed E-state index contributed by atoms with van der Waals surface area (Å²) in [5, 5.41) is 7.87. The number of likely N-dealkylation sites (tertiary alicyclic amines) is 1. The van der Waals surface area contributed by atoms with Crippen molar-refractivity contribution < 1.29 is 14.3 Å². The number of nitrogens with zero attached hydrogens (tertiary/aromatic N) is 6. The molecular weight excluding hydrogens is 506 g/mol. The highest BCUT2D eigenvalue weighted by molar-refractivity contribution is 5.94. The van der Waals surface area contributed by atoms with Crippen molar-refractivity contribution in [2.45, 2.75) is 39.2 Å². The lowest BCUT2D eigenvalue weighted by Gasteiger charge is -2.35. The van der Waals surface area contributed by atoms with Crippen LogP contribution in [0.15, 0.2) is 48.7 Å². The average Bonchev–Trinajstić information content (AvgIpc) is 3.38. The smallest absolute Gasteiger partial charge is 0.410 e. The molecule has 1 aromatic carbocycles. The zero-order chi connectivity index (χ0) is 28.2. The van der Waals surface area contributed by atoms with E-state index in [-0.39, 0.29) is 18.0 Å². The van der Waals surface area contributed by atoms with Crippen LogP contribution in [0.2, 0.25) is 0 Å². The van der Waals surface area contributed by atoms with E-state index in [0.717, 1.165) is 48.4 Å². The van der Waals surface area contributed by atoms with Crippen molar-refractivity contribution in [2.24, 2.45) is 5.92 Å². The lowest BCUT2D eigenvalue weighted by atomic mass is 10.0. The fraction of sp³-hybridized carbons (Fsp3) is 0.467. The number of hydrogen-bond donors (Lipinski definition) is 1. The number of pyridine rings is 1. The molecule has 0 spiro atoms. The molecule has 3 aromatic rings. The third-order valence-electron chi connectivity index (χ3n) is 7.66. The van der Waals surface area contributed by atoms with Crippen molar-refractivity contribution >= 4 is 34.9 Å². The van der Waals surface area contributed by atoms with Gasteiger partial charge in [-0.1, -0.05) is 19.9 Å². The highest BCUT2D eigenvalue weighted by Gasteiger charge is 2.25. The van der Waals surface area contributed by atoms with Crippen molar-refractivity contribution in [3.63, 3.8) is 0 Å². The Morgan fingerprint density at radius 2 is 1.88 bits per heavy atom. The summed E-state index contributed by atoms with van der Waals surface area (Å²) in [5.74, 6) is 0.832. The van der Waals surface area contributed by atoms with Crippen LogP contribution in [-0.4, -0.2) is 94.2 Å². The molecule has 1 fully saturated rings. The minimum Gasteiger partial charge on any atom is -0.449 e. The molecule has 0 atom stereocenters. The first-order valence-corrected chi connectivity index (χ1v) is 14.1. The van der Waals surface area contributed by atoms with Gasteiger partial charge >= 0.3 is 6.09 Å². The molecule has 212 valence electrons. The highest BCUT2D eigenvalue weighted by Crippen LogP contribution is 2.27. The van der Waals surface area contributed by atoms with Gasteiger partial charge in [0, 0.05) is 49.2 Å². The number of aromatic nitrogens is 3. The number of hydrogen-bond acceptors (Lipinski definition) is 7. The molecule has 0 aliphatic carbocycles. The van der Waals surface area contributed by atoms with Crippen LogP contribution in [-0.2, 0) is 4.74 Å². The van der Waals surface area contributed by atoms with Gasteiger partial charge in [-0.3, -0.25) is 4.79 Å². The SMILES string of the molecule is CC(C)COC(=O)N1CC=C(c2cccn3nc(Nc4ccc(C(=O)N(C)C5CCN(C)CC5)cc4)nc23)CC1. The van der Waals surface area contributed by atoms with Crippen LogP contribution in [0.25, 0.3) is 11.2 Å². The average molecular weight is 546 g/mol. The fourth-order valence-electron chi connectivity index (χ4n) is 5.20. The van der Waals surface area contributed by atoms with Crippen LogP contribution in [0.3, 0.4) is 0 Å². The second kappa shape index (κ2) is 12.1. The minimum atomic E-state index is -0.266. The summed E-state index contributed by atoms with van der Waals surface area (Å²) < 4.78 is 7.14. The molecule has 4 heterocycles. The maximum atomic E-state index is 13.0. The van der Waals surface area contributed by atoms with E-state index < -0.39 is 0 Å². The van der Waals surface area contributed by atoms with Gasteiger partial charge in [0.15, 0.2) is 5.65 Å². The molecule has 2 aromatic heterocycles. The van der Waals surface area contributed by atoms with Gasteiger partial charge in [0.25, 0.3) is 5.91 Å². The zero-order valence-corrected chi connectivity index (χ0v) is 23.8. The summed E-state index contributed by atoms with van der Waals surface area (Å²) in [7, 11) is 4.03. The third-order valence-corrected chi connectivity index (χ3v) is 7.66. The molecule has 2 aliphatic rings. The maximum absolute atomic E-state index is 13.0. The van der Waals surface area contributed by atoms with Crippen LogP contribution in [0.5, 0.6) is 0 Å². The highest BCUT2D eigenvalue weighted by atomic mass is 16.6. The number of carbonyl (C=O) groups is 2. The molecule has 10 nitrogen and oxygen atoms in total. The molecule has 0 saturated carbocycles. The van der Waals surface area contributed by atoms with E-state index in [1.54, 1.807) is 9.42 Å². The molecule has 5 rings (SSSR count). The van der Waals surface area contributed by atoms with Gasteiger partial charge in [0.1, 0.15) is 0 Å². The van der Waals surface area contributed by atoms with E-state index >= 15 is 0 Å². The molecule has 2 aliphatic heterocycles. The normalized spacial score (nSPS) is 16.7. The molecule has 1 saturated heterocycles. The van der Waals surface area contributed by atoms with Crippen molar-refractivity contribution in [3.8, 4) is 0 Å². The number of amides is 2. The molecule has 1 N–H and O–H groups in total. The molecule has 10 heteroatoms. The van der Waals surface area contributed by atoms with E-state index in [4.69, 9.17) is 9.72 Å². The Bertz CT molecular complexity index is 1370. The predicted molar refractivity (Wildman–Crippen MR) is 156 cm³/mol. The van der Waals surface area contributed by atoms with Gasteiger partial charge in [-0.05, 0) is 87.3 Å². The summed E-state index contributed by atoms with van der Waals surface area (Å²) in [4.78, 5) is 36.0.